The summed E-state index contributed by atoms with van der Waals surface area (Å²) < 4.78 is 13.8. The number of rotatable bonds is 8. The number of nitrogens with zero attached hydrogens (tertiary/aromatic N) is 1. The molecule has 0 aliphatic rings. The number of fused-ring (bicyclic) bond motifs is 1. The van der Waals surface area contributed by atoms with Crippen LogP contribution in [0.5, 0.6) is 5.75 Å². The zero-order valence-corrected chi connectivity index (χ0v) is 18.8. The van der Waals surface area contributed by atoms with E-state index >= 15 is 0 Å². The van der Waals surface area contributed by atoms with E-state index < -0.39 is 12.1 Å². The first kappa shape index (κ1) is 21.9. The second kappa shape index (κ2) is 9.34. The minimum atomic E-state index is -0.871. The van der Waals surface area contributed by atoms with E-state index in [2.05, 4.69) is 5.32 Å². The van der Waals surface area contributed by atoms with Gasteiger partial charge in [0.15, 0.2) is 6.10 Å². The molecule has 0 aliphatic heterocycles. The van der Waals surface area contributed by atoms with Gasteiger partial charge in [0.2, 0.25) is 0 Å². The summed E-state index contributed by atoms with van der Waals surface area (Å²) in [6.45, 7) is 8.13. The summed E-state index contributed by atoms with van der Waals surface area (Å²) in [5, 5.41) is 4.87. The van der Waals surface area contributed by atoms with Crippen LogP contribution in [0, 0.1) is 5.92 Å². The summed E-state index contributed by atoms with van der Waals surface area (Å²) in [6.07, 6.45) is -0.871. The van der Waals surface area contributed by atoms with Gasteiger partial charge in [0, 0.05) is 12.6 Å². The predicted molar refractivity (Wildman–Crippen MR) is 119 cm³/mol. The maximum absolute atomic E-state index is 13.0. The molecule has 1 N–H and O–H groups in total. The first-order chi connectivity index (χ1) is 14.3. The number of hydrogen-bond acceptors (Lipinski definition) is 5. The third-order valence-electron chi connectivity index (χ3n) is 4.91. The highest BCUT2D eigenvalue weighted by Gasteiger charge is 2.29. The topological polar surface area (TPSA) is 69.6 Å². The maximum Gasteiger partial charge on any atom is 0.355 e. The van der Waals surface area contributed by atoms with Gasteiger partial charge in [-0.2, -0.15) is 0 Å². The number of nitrogens with one attached hydrogen (secondary N) is 1. The van der Waals surface area contributed by atoms with Crippen molar-refractivity contribution in [3.63, 3.8) is 0 Å². The quantitative estimate of drug-likeness (QED) is 0.524. The number of benzene rings is 1. The van der Waals surface area contributed by atoms with Gasteiger partial charge < -0.3 is 19.4 Å². The number of carbonyl (C=O) groups is 2. The van der Waals surface area contributed by atoms with Crippen molar-refractivity contribution in [2.24, 2.45) is 5.92 Å². The molecule has 7 heteroatoms. The Morgan fingerprint density at radius 2 is 1.80 bits per heavy atom. The Morgan fingerprint density at radius 1 is 1.10 bits per heavy atom. The van der Waals surface area contributed by atoms with Crippen LogP contribution in [0.1, 0.15) is 49.8 Å². The van der Waals surface area contributed by atoms with Crippen molar-refractivity contribution >= 4 is 33.4 Å². The molecule has 0 unspecified atom stereocenters. The molecule has 0 bridgehead atoms. The van der Waals surface area contributed by atoms with Gasteiger partial charge in [-0.1, -0.05) is 26.0 Å². The van der Waals surface area contributed by atoms with Crippen molar-refractivity contribution in [2.45, 2.75) is 46.4 Å². The zero-order chi connectivity index (χ0) is 21.8. The number of ether oxygens (including phenoxy) is 2. The van der Waals surface area contributed by atoms with E-state index in [1.165, 1.54) is 0 Å². The van der Waals surface area contributed by atoms with Crippen LogP contribution in [0.4, 0.5) is 0 Å². The summed E-state index contributed by atoms with van der Waals surface area (Å²) in [5.74, 6) is -0.190. The first-order valence-corrected chi connectivity index (χ1v) is 10.9. The van der Waals surface area contributed by atoms with Crippen molar-refractivity contribution in [1.29, 1.82) is 0 Å². The normalized spacial score (nSPS) is 12.4. The standard InChI is InChI=1S/C23H28N2O4S/c1-14(2)21(22(26)24-13-16-6-8-17(28-5)9-7-16)29-23(27)19-12-20-18(10-11-30-20)25(19)15(3)4/h6-12,14-15,21H,13H2,1-5H3,(H,24,26)/t21-/m0/s1. The molecule has 2 heterocycles. The summed E-state index contributed by atoms with van der Waals surface area (Å²) in [7, 11) is 1.61. The fraction of sp³-hybridized carbons (Fsp3) is 0.391. The molecule has 2 aromatic heterocycles. The monoisotopic (exact) mass is 428 g/mol. The molecule has 160 valence electrons. The Kier molecular flexibility index (Phi) is 6.82. The lowest BCUT2D eigenvalue weighted by atomic mass is 10.1. The number of carbonyl (C=O) groups excluding carboxylic acids is 2. The highest BCUT2D eigenvalue weighted by Crippen LogP contribution is 2.29. The van der Waals surface area contributed by atoms with Gasteiger partial charge in [0.25, 0.3) is 5.91 Å². The van der Waals surface area contributed by atoms with Crippen LogP contribution >= 0.6 is 11.3 Å². The average molecular weight is 429 g/mol. The molecule has 1 aromatic carbocycles. The van der Waals surface area contributed by atoms with Gasteiger partial charge in [-0.25, -0.2) is 4.79 Å². The van der Waals surface area contributed by atoms with Crippen LogP contribution < -0.4 is 10.1 Å². The van der Waals surface area contributed by atoms with Gasteiger partial charge >= 0.3 is 5.97 Å². The van der Waals surface area contributed by atoms with Gasteiger partial charge in [-0.15, -0.1) is 11.3 Å². The van der Waals surface area contributed by atoms with E-state index in [4.69, 9.17) is 9.47 Å². The van der Waals surface area contributed by atoms with Crippen molar-refractivity contribution in [3.05, 3.63) is 53.0 Å². The van der Waals surface area contributed by atoms with E-state index in [1.54, 1.807) is 18.4 Å². The highest BCUT2D eigenvalue weighted by atomic mass is 32.1. The molecule has 6 nitrogen and oxygen atoms in total. The second-order valence-corrected chi connectivity index (χ2v) is 8.75. The van der Waals surface area contributed by atoms with E-state index in [1.807, 2.05) is 74.0 Å². The number of esters is 1. The van der Waals surface area contributed by atoms with E-state index in [0.717, 1.165) is 21.5 Å². The molecule has 1 atom stereocenters. The van der Waals surface area contributed by atoms with Gasteiger partial charge in [-0.05, 0) is 55.0 Å². The molecule has 0 spiro atoms. The van der Waals surface area contributed by atoms with Crippen LogP contribution in [0.3, 0.4) is 0 Å². The Balaban J connectivity index is 1.71. The lowest BCUT2D eigenvalue weighted by Gasteiger charge is -2.22. The Morgan fingerprint density at radius 3 is 2.40 bits per heavy atom. The third kappa shape index (κ3) is 4.67. The van der Waals surface area contributed by atoms with E-state index in [9.17, 15) is 9.59 Å². The van der Waals surface area contributed by atoms with Crippen LogP contribution in [0.2, 0.25) is 0 Å². The first-order valence-electron chi connectivity index (χ1n) is 10.0. The number of aromatic nitrogens is 1. The van der Waals surface area contributed by atoms with Crippen molar-refractivity contribution in [1.82, 2.24) is 9.88 Å². The Labute approximate surface area is 180 Å². The molecule has 0 radical (unpaired) electrons. The Hall–Kier alpha value is -2.80. The fourth-order valence-electron chi connectivity index (χ4n) is 3.36. The van der Waals surface area contributed by atoms with Crippen LogP contribution in [-0.2, 0) is 16.1 Å². The number of hydrogen-bond donors (Lipinski definition) is 1. The average Bonchev–Trinajstić information content (AvgIpc) is 3.31. The summed E-state index contributed by atoms with van der Waals surface area (Å²) in [5.41, 5.74) is 2.42. The Bertz CT molecular complexity index is 1020. The summed E-state index contributed by atoms with van der Waals surface area (Å²) >= 11 is 1.58. The molecule has 0 saturated heterocycles. The minimum Gasteiger partial charge on any atom is -0.497 e. The highest BCUT2D eigenvalue weighted by molar-refractivity contribution is 7.17. The molecule has 1 amide bonds. The fourth-order valence-corrected chi connectivity index (χ4v) is 4.17. The zero-order valence-electron chi connectivity index (χ0n) is 18.0. The molecule has 30 heavy (non-hydrogen) atoms. The molecule has 0 aliphatic carbocycles. The predicted octanol–water partition coefficient (Wildman–Crippen LogP) is 4.79. The van der Waals surface area contributed by atoms with E-state index in [-0.39, 0.29) is 17.9 Å². The SMILES string of the molecule is COc1ccc(CNC(=O)[C@@H](OC(=O)c2cc3sccc3n2C(C)C)C(C)C)cc1. The molecule has 0 fully saturated rings. The minimum absolute atomic E-state index is 0.0982. The lowest BCUT2D eigenvalue weighted by molar-refractivity contribution is -0.132. The maximum atomic E-state index is 13.0. The smallest absolute Gasteiger partial charge is 0.355 e. The van der Waals surface area contributed by atoms with Crippen molar-refractivity contribution < 1.29 is 19.1 Å². The van der Waals surface area contributed by atoms with E-state index in [0.29, 0.717) is 12.2 Å². The summed E-state index contributed by atoms with van der Waals surface area (Å²) in [4.78, 5) is 25.7. The van der Waals surface area contributed by atoms with Gasteiger partial charge in [-0.3, -0.25) is 4.79 Å². The number of methoxy groups -OCH3 is 1. The molecular weight excluding hydrogens is 400 g/mol. The largest absolute Gasteiger partial charge is 0.497 e. The van der Waals surface area contributed by atoms with Gasteiger partial charge in [0.05, 0.1) is 17.3 Å². The van der Waals surface area contributed by atoms with Crippen molar-refractivity contribution in [2.75, 3.05) is 7.11 Å². The van der Waals surface area contributed by atoms with Gasteiger partial charge in [0.1, 0.15) is 11.4 Å². The van der Waals surface area contributed by atoms with Crippen molar-refractivity contribution in [3.8, 4) is 5.75 Å². The molecule has 3 rings (SSSR count). The van der Waals surface area contributed by atoms with Crippen LogP contribution in [-0.4, -0.2) is 29.7 Å². The molecule has 0 saturated carbocycles. The molecular formula is C23H28N2O4S. The second-order valence-electron chi connectivity index (χ2n) is 7.80. The third-order valence-corrected chi connectivity index (χ3v) is 5.76. The summed E-state index contributed by atoms with van der Waals surface area (Å²) in [6, 6.07) is 11.4. The van der Waals surface area contributed by atoms with Crippen LogP contribution in [0.15, 0.2) is 41.8 Å². The number of thiophene rings is 1. The molecule has 3 aromatic rings. The van der Waals surface area contributed by atoms with Crippen LogP contribution in [0.25, 0.3) is 10.2 Å². The lowest BCUT2D eigenvalue weighted by Crippen LogP contribution is -2.41. The number of amides is 1.